The van der Waals surface area contributed by atoms with Crippen LogP contribution in [0.2, 0.25) is 0 Å². The van der Waals surface area contributed by atoms with E-state index in [0.717, 1.165) is 25.0 Å². The predicted octanol–water partition coefficient (Wildman–Crippen LogP) is 2.65. The molecule has 0 radical (unpaired) electrons. The molecule has 1 unspecified atom stereocenters. The number of rotatable bonds is 5. The van der Waals surface area contributed by atoms with Gasteiger partial charge in [0.15, 0.2) is 5.75 Å². The zero-order valence-corrected chi connectivity index (χ0v) is 12.7. The first-order valence-electron chi connectivity index (χ1n) is 7.10. The number of methoxy groups -OCH3 is 1. The van der Waals surface area contributed by atoms with Gasteiger partial charge in [-0.1, -0.05) is 6.07 Å². The standard InChI is InChI=1S/C15H22N2O4/c1-15(2)9-12(6-7-21-15)16-10-11-4-5-14(20-3)13(8-11)17(18)19/h4-5,8,12,16H,6-7,9-10H2,1-3H3. The van der Waals surface area contributed by atoms with Gasteiger partial charge in [-0.2, -0.15) is 0 Å². The van der Waals surface area contributed by atoms with Crippen LogP contribution in [0.3, 0.4) is 0 Å². The Morgan fingerprint density at radius 2 is 2.29 bits per heavy atom. The molecule has 1 aromatic carbocycles. The van der Waals surface area contributed by atoms with Gasteiger partial charge in [0.2, 0.25) is 0 Å². The van der Waals surface area contributed by atoms with Crippen LogP contribution in [-0.4, -0.2) is 30.3 Å². The van der Waals surface area contributed by atoms with Gasteiger partial charge in [-0.3, -0.25) is 10.1 Å². The molecule has 0 amide bonds. The van der Waals surface area contributed by atoms with Gasteiger partial charge in [0, 0.05) is 25.3 Å². The van der Waals surface area contributed by atoms with Crippen LogP contribution in [-0.2, 0) is 11.3 Å². The van der Waals surface area contributed by atoms with E-state index < -0.39 is 4.92 Å². The maximum atomic E-state index is 11.0. The van der Waals surface area contributed by atoms with Crippen molar-refractivity contribution in [1.82, 2.24) is 5.32 Å². The zero-order chi connectivity index (χ0) is 15.5. The highest BCUT2D eigenvalue weighted by Crippen LogP contribution is 2.28. The first kappa shape index (κ1) is 15.7. The van der Waals surface area contributed by atoms with E-state index in [0.29, 0.717) is 12.6 Å². The summed E-state index contributed by atoms with van der Waals surface area (Å²) in [7, 11) is 1.43. The average molecular weight is 294 g/mol. The Kier molecular flexibility index (Phi) is 4.80. The van der Waals surface area contributed by atoms with Crippen LogP contribution in [0.5, 0.6) is 5.75 Å². The fourth-order valence-electron chi connectivity index (χ4n) is 2.66. The number of ether oxygens (including phenoxy) is 2. The van der Waals surface area contributed by atoms with Gasteiger partial charge in [-0.15, -0.1) is 0 Å². The van der Waals surface area contributed by atoms with Crippen LogP contribution in [0, 0.1) is 10.1 Å². The Balaban J connectivity index is 2.00. The Labute approximate surface area is 124 Å². The summed E-state index contributed by atoms with van der Waals surface area (Å²) in [5, 5.41) is 14.5. The summed E-state index contributed by atoms with van der Waals surface area (Å²) >= 11 is 0. The maximum absolute atomic E-state index is 11.0. The van der Waals surface area contributed by atoms with Crippen LogP contribution in [0.1, 0.15) is 32.3 Å². The summed E-state index contributed by atoms with van der Waals surface area (Å²) in [6.07, 6.45) is 1.90. The van der Waals surface area contributed by atoms with Crippen LogP contribution in [0.25, 0.3) is 0 Å². The lowest BCUT2D eigenvalue weighted by atomic mass is 9.94. The SMILES string of the molecule is COc1ccc(CNC2CCOC(C)(C)C2)cc1[N+](=O)[O-]. The van der Waals surface area contributed by atoms with E-state index in [1.54, 1.807) is 12.1 Å². The predicted molar refractivity (Wildman–Crippen MR) is 79.5 cm³/mol. The summed E-state index contributed by atoms with van der Waals surface area (Å²) in [5.41, 5.74) is 0.776. The van der Waals surface area contributed by atoms with Gasteiger partial charge in [0.1, 0.15) is 0 Å². The average Bonchev–Trinajstić information content (AvgIpc) is 2.43. The highest BCUT2D eigenvalue weighted by Gasteiger charge is 2.28. The fraction of sp³-hybridized carbons (Fsp3) is 0.600. The lowest BCUT2D eigenvalue weighted by molar-refractivity contribution is -0.385. The number of nitro benzene ring substituents is 1. The van der Waals surface area contributed by atoms with E-state index in [4.69, 9.17) is 9.47 Å². The molecule has 1 atom stereocenters. The van der Waals surface area contributed by atoms with Gasteiger partial charge in [0.25, 0.3) is 0 Å². The molecule has 1 saturated heterocycles. The highest BCUT2D eigenvalue weighted by molar-refractivity contribution is 5.48. The number of hydrogen-bond acceptors (Lipinski definition) is 5. The molecular weight excluding hydrogens is 272 g/mol. The quantitative estimate of drug-likeness (QED) is 0.667. The van der Waals surface area contributed by atoms with Gasteiger partial charge in [-0.05, 0) is 38.3 Å². The normalized spacial score (nSPS) is 21.0. The molecule has 6 nitrogen and oxygen atoms in total. The largest absolute Gasteiger partial charge is 0.490 e. The van der Waals surface area contributed by atoms with Crippen LogP contribution in [0.4, 0.5) is 5.69 Å². The first-order chi connectivity index (χ1) is 9.91. The topological polar surface area (TPSA) is 73.6 Å². The molecule has 0 bridgehead atoms. The van der Waals surface area contributed by atoms with E-state index in [1.165, 1.54) is 7.11 Å². The second kappa shape index (κ2) is 6.41. The lowest BCUT2D eigenvalue weighted by Crippen LogP contribution is -2.43. The van der Waals surface area contributed by atoms with Crippen molar-refractivity contribution < 1.29 is 14.4 Å². The first-order valence-corrected chi connectivity index (χ1v) is 7.10. The third-order valence-corrected chi connectivity index (χ3v) is 3.73. The summed E-state index contributed by atoms with van der Waals surface area (Å²) < 4.78 is 10.7. The fourth-order valence-corrected chi connectivity index (χ4v) is 2.66. The molecule has 1 heterocycles. The van der Waals surface area contributed by atoms with Crippen molar-refractivity contribution in [3.63, 3.8) is 0 Å². The van der Waals surface area contributed by atoms with Crippen molar-refractivity contribution in [2.75, 3.05) is 13.7 Å². The van der Waals surface area contributed by atoms with Gasteiger partial charge in [-0.25, -0.2) is 0 Å². The number of hydrogen-bond donors (Lipinski definition) is 1. The number of nitro groups is 1. The maximum Gasteiger partial charge on any atom is 0.311 e. The molecule has 1 fully saturated rings. The Bertz CT molecular complexity index is 516. The number of nitrogens with one attached hydrogen (secondary N) is 1. The minimum absolute atomic E-state index is 0.00380. The Morgan fingerprint density at radius 3 is 2.90 bits per heavy atom. The minimum atomic E-state index is -0.417. The van der Waals surface area contributed by atoms with E-state index in [1.807, 2.05) is 6.07 Å². The van der Waals surface area contributed by atoms with Gasteiger partial charge in [0.05, 0.1) is 17.6 Å². The van der Waals surface area contributed by atoms with Crippen molar-refractivity contribution in [2.24, 2.45) is 0 Å². The Hall–Kier alpha value is -1.66. The van der Waals surface area contributed by atoms with E-state index in [2.05, 4.69) is 19.2 Å². The minimum Gasteiger partial charge on any atom is -0.490 e. The zero-order valence-electron chi connectivity index (χ0n) is 12.7. The third kappa shape index (κ3) is 4.15. The molecule has 21 heavy (non-hydrogen) atoms. The smallest absolute Gasteiger partial charge is 0.311 e. The summed E-state index contributed by atoms with van der Waals surface area (Å²) in [6, 6.07) is 5.43. The summed E-state index contributed by atoms with van der Waals surface area (Å²) in [6.45, 7) is 5.51. The number of nitrogens with zero attached hydrogens (tertiary/aromatic N) is 1. The summed E-state index contributed by atoms with van der Waals surface area (Å²) in [5.74, 6) is 0.288. The molecule has 1 aliphatic heterocycles. The van der Waals surface area contributed by atoms with Crippen molar-refractivity contribution >= 4 is 5.69 Å². The highest BCUT2D eigenvalue weighted by atomic mass is 16.6. The molecule has 0 aliphatic carbocycles. The molecule has 2 rings (SSSR count). The third-order valence-electron chi connectivity index (χ3n) is 3.73. The second-order valence-corrected chi connectivity index (χ2v) is 5.94. The van der Waals surface area contributed by atoms with E-state index >= 15 is 0 Å². The van der Waals surface area contributed by atoms with Crippen LogP contribution >= 0.6 is 0 Å². The van der Waals surface area contributed by atoms with Crippen LogP contribution in [0.15, 0.2) is 18.2 Å². The number of benzene rings is 1. The van der Waals surface area contributed by atoms with E-state index in [-0.39, 0.29) is 17.0 Å². The molecule has 0 saturated carbocycles. The van der Waals surface area contributed by atoms with Crippen molar-refractivity contribution in [3.05, 3.63) is 33.9 Å². The molecular formula is C15H22N2O4. The molecule has 6 heteroatoms. The van der Waals surface area contributed by atoms with Gasteiger partial charge >= 0.3 is 5.69 Å². The monoisotopic (exact) mass is 294 g/mol. The van der Waals surface area contributed by atoms with Crippen molar-refractivity contribution in [3.8, 4) is 5.75 Å². The molecule has 0 spiro atoms. The molecule has 1 N–H and O–H groups in total. The van der Waals surface area contributed by atoms with Crippen LogP contribution < -0.4 is 10.1 Å². The lowest BCUT2D eigenvalue weighted by Gasteiger charge is -2.36. The second-order valence-electron chi connectivity index (χ2n) is 5.94. The Morgan fingerprint density at radius 1 is 1.52 bits per heavy atom. The molecule has 1 aliphatic rings. The van der Waals surface area contributed by atoms with Crippen molar-refractivity contribution in [1.29, 1.82) is 0 Å². The summed E-state index contributed by atoms with van der Waals surface area (Å²) in [4.78, 5) is 10.6. The molecule has 116 valence electrons. The van der Waals surface area contributed by atoms with Gasteiger partial charge < -0.3 is 14.8 Å². The van der Waals surface area contributed by atoms with Crippen molar-refractivity contribution in [2.45, 2.75) is 44.9 Å². The molecule has 0 aromatic heterocycles. The molecule has 1 aromatic rings. The van der Waals surface area contributed by atoms with E-state index in [9.17, 15) is 10.1 Å².